The molecular weight excluding hydrogens is 474 g/mol. The van der Waals surface area contributed by atoms with Crippen LogP contribution in [-0.2, 0) is 20.7 Å². The highest BCUT2D eigenvalue weighted by atomic mass is 16.5. The van der Waals surface area contributed by atoms with Crippen LogP contribution >= 0.6 is 0 Å². The Labute approximate surface area is 215 Å². The zero-order valence-corrected chi connectivity index (χ0v) is 21.3. The monoisotopic (exact) mass is 503 g/mol. The molecule has 0 saturated heterocycles. The Kier molecular flexibility index (Phi) is 7.77. The molecule has 8 nitrogen and oxygen atoms in total. The fourth-order valence-corrected chi connectivity index (χ4v) is 4.51. The molecule has 0 spiro atoms. The van der Waals surface area contributed by atoms with Gasteiger partial charge in [-0.2, -0.15) is 0 Å². The quantitative estimate of drug-likeness (QED) is 0.410. The highest BCUT2D eigenvalue weighted by Gasteiger charge is 2.36. The van der Waals surface area contributed by atoms with Crippen LogP contribution < -0.4 is 14.4 Å². The van der Waals surface area contributed by atoms with Gasteiger partial charge in [0.1, 0.15) is 0 Å². The van der Waals surface area contributed by atoms with E-state index in [0.717, 1.165) is 16.7 Å². The highest BCUT2D eigenvalue weighted by molar-refractivity contribution is 5.99. The average molecular weight is 504 g/mol. The summed E-state index contributed by atoms with van der Waals surface area (Å²) in [5.74, 6) is 0.164. The third kappa shape index (κ3) is 5.14. The van der Waals surface area contributed by atoms with Gasteiger partial charge in [0.15, 0.2) is 11.5 Å². The lowest BCUT2D eigenvalue weighted by Gasteiger charge is -2.38. The van der Waals surface area contributed by atoms with Crippen molar-refractivity contribution in [3.8, 4) is 11.5 Å². The lowest BCUT2D eigenvalue weighted by atomic mass is 9.86. The van der Waals surface area contributed by atoms with Crippen molar-refractivity contribution in [3.05, 3.63) is 88.5 Å². The van der Waals surface area contributed by atoms with E-state index in [4.69, 9.17) is 18.9 Å². The molecule has 0 aliphatic carbocycles. The first-order chi connectivity index (χ1) is 17.9. The van der Waals surface area contributed by atoms with Gasteiger partial charge in [0.2, 0.25) is 5.91 Å². The molecule has 0 saturated carbocycles. The highest BCUT2D eigenvalue weighted by Crippen LogP contribution is 2.43. The number of carbonyl (C=O) groups excluding carboxylic acids is 3. The van der Waals surface area contributed by atoms with Gasteiger partial charge in [0.25, 0.3) is 0 Å². The molecule has 1 unspecified atom stereocenters. The van der Waals surface area contributed by atoms with Gasteiger partial charge in [-0.25, -0.2) is 9.59 Å². The molecule has 1 aliphatic heterocycles. The molecule has 8 heteroatoms. The normalized spacial score (nSPS) is 14.5. The minimum absolute atomic E-state index is 0.119. The number of benzene rings is 3. The van der Waals surface area contributed by atoms with Gasteiger partial charge in [0, 0.05) is 5.69 Å². The van der Waals surface area contributed by atoms with Crippen LogP contribution in [0, 0.1) is 0 Å². The second-order valence-corrected chi connectivity index (χ2v) is 8.36. The van der Waals surface area contributed by atoms with E-state index in [9.17, 15) is 14.4 Å². The summed E-state index contributed by atoms with van der Waals surface area (Å²) >= 11 is 0. The Morgan fingerprint density at radius 1 is 0.811 bits per heavy atom. The van der Waals surface area contributed by atoms with Crippen LogP contribution in [-0.4, -0.2) is 45.3 Å². The molecular formula is C29H29NO7. The number of fused-ring (bicyclic) bond motifs is 1. The third-order valence-electron chi connectivity index (χ3n) is 6.18. The number of ether oxygens (including phenoxy) is 4. The third-order valence-corrected chi connectivity index (χ3v) is 6.18. The standard InChI is InChI=1S/C29H29NO7/c1-5-36-24-15-21-16-26(31)30(22-13-11-20(12-14-22)29(33)35-4)27(23(21)17-25(24)37-6-2)18-7-9-19(10-8-18)28(32)34-3/h7-15,17,27H,5-6,16H2,1-4H3. The molecule has 37 heavy (non-hydrogen) atoms. The zero-order chi connectivity index (χ0) is 26.5. The maximum atomic E-state index is 13.6. The van der Waals surface area contributed by atoms with Crippen molar-refractivity contribution in [3.63, 3.8) is 0 Å². The number of amides is 1. The molecule has 0 bridgehead atoms. The van der Waals surface area contributed by atoms with Gasteiger partial charge in [-0.15, -0.1) is 0 Å². The summed E-state index contributed by atoms with van der Waals surface area (Å²) in [5.41, 5.74) is 3.93. The number of nitrogens with zero attached hydrogens (tertiary/aromatic N) is 1. The summed E-state index contributed by atoms with van der Waals surface area (Å²) in [6, 6.07) is 17.0. The second-order valence-electron chi connectivity index (χ2n) is 8.36. The zero-order valence-electron chi connectivity index (χ0n) is 21.3. The first-order valence-corrected chi connectivity index (χ1v) is 12.0. The number of methoxy groups -OCH3 is 2. The van der Waals surface area contributed by atoms with E-state index < -0.39 is 18.0 Å². The van der Waals surface area contributed by atoms with Crippen LogP contribution in [0.3, 0.4) is 0 Å². The molecule has 3 aromatic carbocycles. The molecule has 0 fully saturated rings. The fraction of sp³-hybridized carbons (Fsp3) is 0.276. The van der Waals surface area contributed by atoms with Gasteiger partial charge >= 0.3 is 11.9 Å². The van der Waals surface area contributed by atoms with E-state index in [1.54, 1.807) is 41.3 Å². The topological polar surface area (TPSA) is 91.4 Å². The minimum atomic E-state index is -0.512. The summed E-state index contributed by atoms with van der Waals surface area (Å²) in [4.78, 5) is 39.3. The number of hydrogen-bond donors (Lipinski definition) is 0. The van der Waals surface area contributed by atoms with Gasteiger partial charge in [-0.05, 0) is 79.1 Å². The van der Waals surface area contributed by atoms with Crippen molar-refractivity contribution in [1.29, 1.82) is 0 Å². The molecule has 1 amide bonds. The van der Waals surface area contributed by atoms with E-state index in [0.29, 0.717) is 41.5 Å². The molecule has 4 rings (SSSR count). The van der Waals surface area contributed by atoms with Crippen LogP contribution in [0.15, 0.2) is 60.7 Å². The van der Waals surface area contributed by atoms with E-state index in [-0.39, 0.29) is 12.3 Å². The van der Waals surface area contributed by atoms with Crippen molar-refractivity contribution in [2.45, 2.75) is 26.3 Å². The Bertz CT molecular complexity index is 1300. The number of anilines is 1. The molecule has 1 heterocycles. The first-order valence-electron chi connectivity index (χ1n) is 12.0. The number of rotatable bonds is 8. The molecule has 0 aromatic heterocycles. The summed E-state index contributed by atoms with van der Waals surface area (Å²) in [5, 5.41) is 0. The Morgan fingerprint density at radius 2 is 1.32 bits per heavy atom. The fourth-order valence-electron chi connectivity index (χ4n) is 4.51. The average Bonchev–Trinajstić information content (AvgIpc) is 2.92. The summed E-state index contributed by atoms with van der Waals surface area (Å²) in [6.07, 6.45) is 0.164. The van der Waals surface area contributed by atoms with Crippen LogP contribution in [0.5, 0.6) is 11.5 Å². The molecule has 0 N–H and O–H groups in total. The lowest BCUT2D eigenvalue weighted by molar-refractivity contribution is -0.118. The van der Waals surface area contributed by atoms with Gasteiger partial charge in [-0.1, -0.05) is 12.1 Å². The van der Waals surface area contributed by atoms with E-state index in [1.807, 2.05) is 38.1 Å². The lowest BCUT2D eigenvalue weighted by Crippen LogP contribution is -2.41. The minimum Gasteiger partial charge on any atom is -0.490 e. The molecule has 1 atom stereocenters. The van der Waals surface area contributed by atoms with Gasteiger partial charge < -0.3 is 23.8 Å². The second kappa shape index (κ2) is 11.2. The Morgan fingerprint density at radius 3 is 1.84 bits per heavy atom. The predicted molar refractivity (Wildman–Crippen MR) is 137 cm³/mol. The van der Waals surface area contributed by atoms with Crippen molar-refractivity contribution < 1.29 is 33.3 Å². The van der Waals surface area contributed by atoms with Crippen LogP contribution in [0.4, 0.5) is 5.69 Å². The molecule has 3 aromatic rings. The van der Waals surface area contributed by atoms with Crippen LogP contribution in [0.25, 0.3) is 0 Å². The predicted octanol–water partition coefficient (Wildman–Crippen LogP) is 4.74. The summed E-state index contributed by atoms with van der Waals surface area (Å²) in [6.45, 7) is 4.71. The van der Waals surface area contributed by atoms with Crippen molar-refractivity contribution in [1.82, 2.24) is 0 Å². The van der Waals surface area contributed by atoms with Crippen LogP contribution in [0.1, 0.15) is 57.3 Å². The van der Waals surface area contributed by atoms with Crippen molar-refractivity contribution in [2.24, 2.45) is 0 Å². The van der Waals surface area contributed by atoms with Gasteiger partial charge in [-0.3, -0.25) is 4.79 Å². The summed E-state index contributed by atoms with van der Waals surface area (Å²) < 4.78 is 21.3. The maximum absolute atomic E-state index is 13.6. The number of hydrogen-bond acceptors (Lipinski definition) is 7. The van der Waals surface area contributed by atoms with E-state index in [1.165, 1.54) is 14.2 Å². The molecule has 0 radical (unpaired) electrons. The first kappa shape index (κ1) is 25.8. The SMILES string of the molecule is CCOc1cc2c(cc1OCC)C(c1ccc(C(=O)OC)cc1)N(c1ccc(C(=O)OC)cc1)C(=O)C2. The smallest absolute Gasteiger partial charge is 0.337 e. The van der Waals surface area contributed by atoms with E-state index >= 15 is 0 Å². The number of carbonyl (C=O) groups is 3. The van der Waals surface area contributed by atoms with Gasteiger partial charge in [0.05, 0.1) is 51.0 Å². The van der Waals surface area contributed by atoms with Crippen LogP contribution in [0.2, 0.25) is 0 Å². The van der Waals surface area contributed by atoms with Crippen molar-refractivity contribution >= 4 is 23.5 Å². The van der Waals surface area contributed by atoms with Crippen molar-refractivity contribution in [2.75, 3.05) is 32.3 Å². The van der Waals surface area contributed by atoms with E-state index in [2.05, 4.69) is 0 Å². The molecule has 192 valence electrons. The Hall–Kier alpha value is -4.33. The summed E-state index contributed by atoms with van der Waals surface area (Å²) in [7, 11) is 2.65. The molecule has 1 aliphatic rings. The maximum Gasteiger partial charge on any atom is 0.337 e. The number of esters is 2. The Balaban J connectivity index is 1.87. The largest absolute Gasteiger partial charge is 0.490 e.